The summed E-state index contributed by atoms with van der Waals surface area (Å²) in [5.74, 6) is 0.505. The number of nitrogens with one attached hydrogen (secondary N) is 1. The molecule has 1 heterocycles. The van der Waals surface area contributed by atoms with Gasteiger partial charge >= 0.3 is 5.97 Å². The SMILES string of the molecule is CCOC(=O)C(Nc1ccc(OC)cc1)c1cccs1. The fraction of sp³-hybridized carbons (Fsp3) is 0.267. The minimum Gasteiger partial charge on any atom is -0.497 e. The van der Waals surface area contributed by atoms with Crippen LogP contribution in [0.5, 0.6) is 5.75 Å². The van der Waals surface area contributed by atoms with Crippen molar-refractivity contribution in [1.82, 2.24) is 0 Å². The molecule has 1 aromatic heterocycles. The van der Waals surface area contributed by atoms with Crippen molar-refractivity contribution in [3.63, 3.8) is 0 Å². The second-order valence-electron chi connectivity index (χ2n) is 4.07. The van der Waals surface area contributed by atoms with Crippen molar-refractivity contribution >= 4 is 23.0 Å². The molecule has 106 valence electrons. The van der Waals surface area contributed by atoms with Gasteiger partial charge in [-0.15, -0.1) is 11.3 Å². The maximum Gasteiger partial charge on any atom is 0.334 e. The first-order valence-electron chi connectivity index (χ1n) is 6.35. The highest BCUT2D eigenvalue weighted by molar-refractivity contribution is 7.10. The van der Waals surface area contributed by atoms with Crippen LogP contribution in [0.1, 0.15) is 17.8 Å². The topological polar surface area (TPSA) is 47.6 Å². The zero-order chi connectivity index (χ0) is 14.4. The number of benzene rings is 1. The van der Waals surface area contributed by atoms with E-state index in [2.05, 4.69) is 5.32 Å². The van der Waals surface area contributed by atoms with Gasteiger partial charge in [0.1, 0.15) is 5.75 Å². The number of methoxy groups -OCH3 is 1. The molecule has 0 radical (unpaired) electrons. The van der Waals surface area contributed by atoms with Gasteiger partial charge in [-0.05, 0) is 42.6 Å². The van der Waals surface area contributed by atoms with Gasteiger partial charge in [0, 0.05) is 10.6 Å². The van der Waals surface area contributed by atoms with Crippen LogP contribution < -0.4 is 10.1 Å². The highest BCUT2D eigenvalue weighted by atomic mass is 32.1. The van der Waals surface area contributed by atoms with E-state index in [0.717, 1.165) is 16.3 Å². The van der Waals surface area contributed by atoms with Crippen LogP contribution in [0, 0.1) is 0 Å². The van der Waals surface area contributed by atoms with E-state index in [1.54, 1.807) is 14.0 Å². The third kappa shape index (κ3) is 3.51. The number of hydrogen-bond donors (Lipinski definition) is 1. The maximum absolute atomic E-state index is 12.1. The molecule has 0 amide bonds. The lowest BCUT2D eigenvalue weighted by molar-refractivity contribution is -0.144. The Morgan fingerprint density at radius 1 is 1.30 bits per heavy atom. The summed E-state index contributed by atoms with van der Waals surface area (Å²) in [6, 6.07) is 10.8. The predicted octanol–water partition coefficient (Wildman–Crippen LogP) is 3.47. The number of hydrogen-bond acceptors (Lipinski definition) is 5. The van der Waals surface area contributed by atoms with Gasteiger partial charge in [0.2, 0.25) is 0 Å². The van der Waals surface area contributed by atoms with E-state index in [-0.39, 0.29) is 5.97 Å². The Balaban J connectivity index is 2.16. The summed E-state index contributed by atoms with van der Waals surface area (Å²) in [6.07, 6.45) is 0. The lowest BCUT2D eigenvalue weighted by atomic mass is 10.2. The molecule has 2 aromatic rings. The highest BCUT2D eigenvalue weighted by Gasteiger charge is 2.22. The second-order valence-corrected chi connectivity index (χ2v) is 5.05. The van der Waals surface area contributed by atoms with Gasteiger partial charge in [-0.3, -0.25) is 0 Å². The van der Waals surface area contributed by atoms with Crippen LogP contribution >= 0.6 is 11.3 Å². The average Bonchev–Trinajstić information content (AvgIpc) is 2.99. The summed E-state index contributed by atoms with van der Waals surface area (Å²) in [5.41, 5.74) is 0.845. The van der Waals surface area contributed by atoms with Crippen LogP contribution in [0.4, 0.5) is 5.69 Å². The summed E-state index contributed by atoms with van der Waals surface area (Å²) in [6.45, 7) is 2.17. The van der Waals surface area contributed by atoms with Crippen LogP contribution in [0.2, 0.25) is 0 Å². The minimum absolute atomic E-state index is 0.272. The van der Waals surface area contributed by atoms with Gasteiger partial charge in [0.05, 0.1) is 13.7 Å². The Hall–Kier alpha value is -2.01. The standard InChI is InChI=1S/C15H17NO3S/c1-3-19-15(17)14(13-5-4-10-20-13)16-11-6-8-12(18-2)9-7-11/h4-10,14,16H,3H2,1-2H3. The summed E-state index contributed by atoms with van der Waals surface area (Å²) < 4.78 is 10.2. The molecule has 0 spiro atoms. The van der Waals surface area contributed by atoms with E-state index in [1.165, 1.54) is 11.3 Å². The molecule has 0 aliphatic carbocycles. The molecule has 0 fully saturated rings. The Labute approximate surface area is 122 Å². The molecule has 1 aromatic carbocycles. The van der Waals surface area contributed by atoms with Gasteiger partial charge < -0.3 is 14.8 Å². The lowest BCUT2D eigenvalue weighted by Gasteiger charge is -2.17. The maximum atomic E-state index is 12.1. The number of carbonyl (C=O) groups is 1. The highest BCUT2D eigenvalue weighted by Crippen LogP contribution is 2.26. The molecule has 2 rings (SSSR count). The van der Waals surface area contributed by atoms with Crippen LogP contribution in [0.3, 0.4) is 0 Å². The largest absolute Gasteiger partial charge is 0.497 e. The zero-order valence-electron chi connectivity index (χ0n) is 11.5. The molecule has 1 N–H and O–H groups in total. The van der Waals surface area contributed by atoms with E-state index in [1.807, 2.05) is 41.8 Å². The van der Waals surface area contributed by atoms with Crippen molar-refractivity contribution in [2.75, 3.05) is 19.0 Å². The monoisotopic (exact) mass is 291 g/mol. The van der Waals surface area contributed by atoms with Gasteiger partial charge in [-0.1, -0.05) is 6.07 Å². The number of esters is 1. The summed E-state index contributed by atoms with van der Waals surface area (Å²) >= 11 is 1.52. The molecular formula is C15H17NO3S. The van der Waals surface area contributed by atoms with E-state index in [0.29, 0.717) is 6.61 Å². The molecule has 20 heavy (non-hydrogen) atoms. The van der Waals surface area contributed by atoms with E-state index in [9.17, 15) is 4.79 Å². The first kappa shape index (κ1) is 14.4. The molecular weight excluding hydrogens is 274 g/mol. The number of carbonyl (C=O) groups excluding carboxylic acids is 1. The quantitative estimate of drug-likeness (QED) is 0.828. The Bertz CT molecular complexity index is 537. The molecule has 4 nitrogen and oxygen atoms in total. The van der Waals surface area contributed by atoms with Crippen molar-refractivity contribution in [3.05, 3.63) is 46.7 Å². The smallest absolute Gasteiger partial charge is 0.334 e. The van der Waals surface area contributed by atoms with Crippen LogP contribution in [0.25, 0.3) is 0 Å². The van der Waals surface area contributed by atoms with Crippen molar-refractivity contribution in [2.24, 2.45) is 0 Å². The van der Waals surface area contributed by atoms with E-state index in [4.69, 9.17) is 9.47 Å². The van der Waals surface area contributed by atoms with Crippen molar-refractivity contribution in [2.45, 2.75) is 13.0 Å². The Kier molecular flexibility index (Phi) is 5.01. The van der Waals surface area contributed by atoms with Crippen LogP contribution in [0.15, 0.2) is 41.8 Å². The summed E-state index contributed by atoms with van der Waals surface area (Å²) in [5, 5.41) is 5.14. The minimum atomic E-state index is -0.483. The van der Waals surface area contributed by atoms with Crippen LogP contribution in [-0.4, -0.2) is 19.7 Å². The number of anilines is 1. The molecule has 0 aliphatic heterocycles. The summed E-state index contributed by atoms with van der Waals surface area (Å²) in [7, 11) is 1.62. The zero-order valence-corrected chi connectivity index (χ0v) is 12.3. The average molecular weight is 291 g/mol. The molecule has 1 atom stereocenters. The third-order valence-corrected chi connectivity index (χ3v) is 3.69. The fourth-order valence-electron chi connectivity index (χ4n) is 1.78. The van der Waals surface area contributed by atoms with E-state index < -0.39 is 6.04 Å². The van der Waals surface area contributed by atoms with E-state index >= 15 is 0 Å². The van der Waals surface area contributed by atoms with Crippen LogP contribution in [-0.2, 0) is 9.53 Å². The number of ether oxygens (including phenoxy) is 2. The molecule has 1 unspecified atom stereocenters. The molecule has 0 saturated heterocycles. The Morgan fingerprint density at radius 3 is 2.60 bits per heavy atom. The lowest BCUT2D eigenvalue weighted by Crippen LogP contribution is -2.22. The molecule has 0 bridgehead atoms. The second kappa shape index (κ2) is 6.96. The fourth-order valence-corrected chi connectivity index (χ4v) is 2.54. The van der Waals surface area contributed by atoms with Crippen molar-refractivity contribution in [3.8, 4) is 5.75 Å². The van der Waals surface area contributed by atoms with Crippen molar-refractivity contribution < 1.29 is 14.3 Å². The van der Waals surface area contributed by atoms with Gasteiger partial charge in [-0.2, -0.15) is 0 Å². The number of thiophene rings is 1. The molecule has 0 aliphatic rings. The molecule has 5 heteroatoms. The van der Waals surface area contributed by atoms with Gasteiger partial charge in [-0.25, -0.2) is 4.79 Å². The first-order valence-corrected chi connectivity index (χ1v) is 7.23. The summed E-state index contributed by atoms with van der Waals surface area (Å²) in [4.78, 5) is 13.0. The van der Waals surface area contributed by atoms with Gasteiger partial charge in [0.25, 0.3) is 0 Å². The van der Waals surface area contributed by atoms with Crippen molar-refractivity contribution in [1.29, 1.82) is 0 Å². The predicted molar refractivity (Wildman–Crippen MR) is 80.3 cm³/mol. The Morgan fingerprint density at radius 2 is 2.05 bits per heavy atom. The normalized spacial score (nSPS) is 11.7. The third-order valence-electron chi connectivity index (χ3n) is 2.75. The first-order chi connectivity index (χ1) is 9.74. The molecule has 0 saturated carbocycles. The van der Waals surface area contributed by atoms with Gasteiger partial charge in [0.15, 0.2) is 6.04 Å². The number of rotatable bonds is 6.